The Morgan fingerprint density at radius 2 is 1.76 bits per heavy atom. The number of carbonyl (C=O) groups is 2. The van der Waals surface area contributed by atoms with Crippen LogP contribution in [0.2, 0.25) is 0 Å². The van der Waals surface area contributed by atoms with Crippen LogP contribution in [-0.2, 0) is 15.8 Å². The van der Waals surface area contributed by atoms with E-state index in [4.69, 9.17) is 0 Å². The van der Waals surface area contributed by atoms with Crippen LogP contribution in [0, 0.1) is 0 Å². The first-order chi connectivity index (χ1) is 11.8. The van der Waals surface area contributed by atoms with Crippen LogP contribution >= 0.6 is 0 Å². The van der Waals surface area contributed by atoms with E-state index in [2.05, 4.69) is 5.10 Å². The highest BCUT2D eigenvalue weighted by atomic mass is 19.4. The molecule has 0 heterocycles. The van der Waals surface area contributed by atoms with E-state index >= 15 is 0 Å². The molecule has 3 N–H and O–H groups in total. The van der Waals surface area contributed by atoms with Crippen LogP contribution in [-0.4, -0.2) is 23.1 Å². The Morgan fingerprint density at radius 1 is 1.04 bits per heavy atom. The summed E-state index contributed by atoms with van der Waals surface area (Å²) in [5, 5.41) is 15.0. The smallest absolute Gasteiger partial charge is 0.416 e. The maximum Gasteiger partial charge on any atom is 0.416 e. The molecule has 0 aliphatic carbocycles. The second-order valence-corrected chi connectivity index (χ2v) is 4.79. The highest BCUT2D eigenvalue weighted by Gasteiger charge is 2.30. The highest BCUT2D eigenvalue weighted by molar-refractivity contribution is 6.39. The van der Waals surface area contributed by atoms with Crippen molar-refractivity contribution < 1.29 is 27.9 Å². The molecule has 0 aliphatic heterocycles. The average molecular weight is 351 g/mol. The molecular weight excluding hydrogens is 339 g/mol. The van der Waals surface area contributed by atoms with Crippen LogP contribution in [0.5, 0.6) is 5.75 Å². The fraction of sp³-hybridized carbons (Fsp3) is 0.0625. The number of phenolic OH excluding ortho intramolecular Hbond substituents is 1. The van der Waals surface area contributed by atoms with Crippen molar-refractivity contribution >= 4 is 23.7 Å². The van der Waals surface area contributed by atoms with E-state index in [0.717, 1.165) is 18.3 Å². The van der Waals surface area contributed by atoms with Gasteiger partial charge in [-0.2, -0.15) is 18.3 Å². The summed E-state index contributed by atoms with van der Waals surface area (Å²) in [6, 6.07) is 10.0. The Balaban J connectivity index is 1.97. The minimum absolute atomic E-state index is 0.0751. The Kier molecular flexibility index (Phi) is 5.38. The number of anilines is 1. The molecule has 25 heavy (non-hydrogen) atoms. The molecule has 0 radical (unpaired) electrons. The fourth-order valence-electron chi connectivity index (χ4n) is 1.77. The highest BCUT2D eigenvalue weighted by Crippen LogP contribution is 2.30. The van der Waals surface area contributed by atoms with Crippen LogP contribution < -0.4 is 10.7 Å². The summed E-state index contributed by atoms with van der Waals surface area (Å²) in [5.41, 5.74) is 1.08. The summed E-state index contributed by atoms with van der Waals surface area (Å²) < 4.78 is 37.8. The maximum atomic E-state index is 12.6. The van der Waals surface area contributed by atoms with Gasteiger partial charge in [-0.05, 0) is 30.3 Å². The number of carbonyl (C=O) groups excluding carboxylic acids is 2. The quantitative estimate of drug-likeness (QED) is 0.451. The predicted molar refractivity (Wildman–Crippen MR) is 83.9 cm³/mol. The van der Waals surface area contributed by atoms with E-state index < -0.39 is 23.6 Å². The van der Waals surface area contributed by atoms with E-state index in [-0.39, 0.29) is 11.4 Å². The molecule has 2 rings (SSSR count). The molecule has 0 fully saturated rings. The molecule has 0 unspecified atom stereocenters. The zero-order chi connectivity index (χ0) is 18.4. The fourth-order valence-corrected chi connectivity index (χ4v) is 1.77. The monoisotopic (exact) mass is 351 g/mol. The van der Waals surface area contributed by atoms with Crippen molar-refractivity contribution in [2.75, 3.05) is 5.32 Å². The number of phenols is 1. The van der Waals surface area contributed by atoms with Crippen LogP contribution in [0.3, 0.4) is 0 Å². The van der Waals surface area contributed by atoms with Crippen molar-refractivity contribution in [3.05, 3.63) is 59.7 Å². The van der Waals surface area contributed by atoms with Crippen molar-refractivity contribution in [1.29, 1.82) is 0 Å². The second kappa shape index (κ2) is 7.47. The Bertz CT molecular complexity index is 820. The van der Waals surface area contributed by atoms with Gasteiger partial charge >= 0.3 is 18.0 Å². The normalized spacial score (nSPS) is 11.3. The topological polar surface area (TPSA) is 90.8 Å². The third kappa shape index (κ3) is 5.06. The number of hydrogen-bond donors (Lipinski definition) is 3. The van der Waals surface area contributed by atoms with Gasteiger partial charge in [0, 0.05) is 11.3 Å². The van der Waals surface area contributed by atoms with E-state index in [1.165, 1.54) is 18.2 Å². The van der Waals surface area contributed by atoms with Crippen molar-refractivity contribution in [3.8, 4) is 5.75 Å². The molecule has 0 aliphatic rings. The molecule has 0 saturated heterocycles. The van der Waals surface area contributed by atoms with E-state index in [1.54, 1.807) is 12.1 Å². The molecule has 0 saturated carbocycles. The van der Waals surface area contributed by atoms with Crippen molar-refractivity contribution in [1.82, 2.24) is 5.43 Å². The molecular formula is C16H12F3N3O3. The summed E-state index contributed by atoms with van der Waals surface area (Å²) in [6.07, 6.45) is -3.45. The van der Waals surface area contributed by atoms with Gasteiger partial charge in [0.25, 0.3) is 0 Å². The van der Waals surface area contributed by atoms with Gasteiger partial charge in [0.15, 0.2) is 0 Å². The summed E-state index contributed by atoms with van der Waals surface area (Å²) in [6.45, 7) is 0. The Morgan fingerprint density at radius 3 is 2.44 bits per heavy atom. The summed E-state index contributed by atoms with van der Waals surface area (Å²) in [4.78, 5) is 23.2. The SMILES string of the molecule is O=C(N/N=C/c1ccccc1O)C(=O)Nc1cccc(C(F)(F)F)c1. The number of amides is 2. The largest absolute Gasteiger partial charge is 0.507 e. The lowest BCUT2D eigenvalue weighted by atomic mass is 10.2. The van der Waals surface area contributed by atoms with Gasteiger partial charge < -0.3 is 10.4 Å². The third-order valence-electron chi connectivity index (χ3n) is 2.96. The van der Waals surface area contributed by atoms with E-state index in [9.17, 15) is 27.9 Å². The summed E-state index contributed by atoms with van der Waals surface area (Å²) in [7, 11) is 0. The van der Waals surface area contributed by atoms with Gasteiger partial charge in [0.1, 0.15) is 5.75 Å². The molecule has 9 heteroatoms. The number of halogens is 3. The number of para-hydroxylation sites is 1. The minimum Gasteiger partial charge on any atom is -0.507 e. The van der Waals surface area contributed by atoms with Crippen LogP contribution in [0.15, 0.2) is 53.6 Å². The van der Waals surface area contributed by atoms with Gasteiger partial charge in [0.05, 0.1) is 11.8 Å². The Labute approximate surface area is 140 Å². The first-order valence-corrected chi connectivity index (χ1v) is 6.87. The number of alkyl halides is 3. The van der Waals surface area contributed by atoms with Gasteiger partial charge in [0.2, 0.25) is 0 Å². The average Bonchev–Trinajstić information content (AvgIpc) is 2.56. The number of nitrogens with zero attached hydrogens (tertiary/aromatic N) is 1. The number of rotatable bonds is 3. The molecule has 0 spiro atoms. The first kappa shape index (κ1) is 18.0. The predicted octanol–water partition coefficient (Wildman–Crippen LogP) is 2.50. The van der Waals surface area contributed by atoms with E-state index in [1.807, 2.05) is 10.7 Å². The van der Waals surface area contributed by atoms with Crippen LogP contribution in [0.25, 0.3) is 0 Å². The molecule has 0 bridgehead atoms. The minimum atomic E-state index is -4.56. The first-order valence-electron chi connectivity index (χ1n) is 6.87. The van der Waals surface area contributed by atoms with Gasteiger partial charge in [-0.3, -0.25) is 9.59 Å². The van der Waals surface area contributed by atoms with Gasteiger partial charge in [-0.15, -0.1) is 0 Å². The van der Waals surface area contributed by atoms with Gasteiger partial charge in [-0.25, -0.2) is 5.43 Å². The zero-order valence-corrected chi connectivity index (χ0v) is 12.5. The molecule has 2 aromatic rings. The van der Waals surface area contributed by atoms with Gasteiger partial charge in [-0.1, -0.05) is 18.2 Å². The number of hydrogen-bond acceptors (Lipinski definition) is 4. The lowest BCUT2D eigenvalue weighted by Gasteiger charge is -2.09. The lowest BCUT2D eigenvalue weighted by molar-refractivity contribution is -0.137. The zero-order valence-electron chi connectivity index (χ0n) is 12.5. The number of hydrazone groups is 1. The van der Waals surface area contributed by atoms with Crippen LogP contribution in [0.4, 0.5) is 18.9 Å². The standard InChI is InChI=1S/C16H12F3N3O3/c17-16(18,19)11-5-3-6-12(8-11)21-14(24)15(25)22-20-9-10-4-1-2-7-13(10)23/h1-9,23H,(H,21,24)(H,22,25)/b20-9+. The molecule has 0 aromatic heterocycles. The van der Waals surface area contributed by atoms with Crippen LogP contribution in [0.1, 0.15) is 11.1 Å². The molecule has 2 amide bonds. The molecule has 0 atom stereocenters. The van der Waals surface area contributed by atoms with Crippen molar-refractivity contribution in [3.63, 3.8) is 0 Å². The van der Waals surface area contributed by atoms with Crippen molar-refractivity contribution in [2.24, 2.45) is 5.10 Å². The molecule has 2 aromatic carbocycles. The second-order valence-electron chi connectivity index (χ2n) is 4.79. The maximum absolute atomic E-state index is 12.6. The van der Waals surface area contributed by atoms with E-state index in [0.29, 0.717) is 11.6 Å². The lowest BCUT2D eigenvalue weighted by Crippen LogP contribution is -2.32. The number of benzene rings is 2. The summed E-state index contributed by atoms with van der Waals surface area (Å²) >= 11 is 0. The molecule has 130 valence electrons. The van der Waals surface area contributed by atoms with Crippen molar-refractivity contribution in [2.45, 2.75) is 6.18 Å². The number of aromatic hydroxyl groups is 1. The third-order valence-corrected chi connectivity index (χ3v) is 2.96. The number of nitrogens with one attached hydrogen (secondary N) is 2. The summed E-state index contributed by atoms with van der Waals surface area (Å²) in [5.74, 6) is -2.44. The molecule has 6 nitrogen and oxygen atoms in total. The Hall–Kier alpha value is -3.36.